The molecule has 0 spiro atoms. The van der Waals surface area contributed by atoms with Crippen molar-refractivity contribution < 1.29 is 31.9 Å². The van der Waals surface area contributed by atoms with Gasteiger partial charge in [-0.1, -0.05) is 28.9 Å². The molecule has 0 aliphatic rings. The second kappa shape index (κ2) is 13.4. The number of benzene rings is 2. The first-order valence-corrected chi connectivity index (χ1v) is 13.3. The molecule has 1 N–H and O–H groups in total. The van der Waals surface area contributed by atoms with Gasteiger partial charge in [0.25, 0.3) is 0 Å². The summed E-state index contributed by atoms with van der Waals surface area (Å²) in [6.45, 7) is 2.22. The Labute approximate surface area is 236 Å². The molecule has 2 aromatic heterocycles. The molecule has 0 saturated heterocycles. The molecule has 0 saturated carbocycles. The summed E-state index contributed by atoms with van der Waals surface area (Å²) in [6, 6.07) is 8.72. The first-order chi connectivity index (χ1) is 19.2. The van der Waals surface area contributed by atoms with Gasteiger partial charge >= 0.3 is 11.9 Å². The van der Waals surface area contributed by atoms with Crippen LogP contribution in [0.4, 0.5) is 13.2 Å². The van der Waals surface area contributed by atoms with Gasteiger partial charge in [0, 0.05) is 51.2 Å². The van der Waals surface area contributed by atoms with E-state index in [-0.39, 0.29) is 28.7 Å². The largest absolute Gasteiger partial charge is 0.480 e. The van der Waals surface area contributed by atoms with Crippen molar-refractivity contribution in [3.8, 4) is 17.1 Å². The van der Waals surface area contributed by atoms with Gasteiger partial charge in [0.05, 0.1) is 34.2 Å². The fourth-order valence-corrected chi connectivity index (χ4v) is 4.94. The lowest BCUT2D eigenvalue weighted by molar-refractivity contribution is -0.138. The third kappa shape index (κ3) is 7.49. The lowest BCUT2D eigenvalue weighted by Crippen LogP contribution is -2.30. The van der Waals surface area contributed by atoms with E-state index in [0.29, 0.717) is 42.3 Å². The predicted octanol–water partition coefficient (Wildman–Crippen LogP) is 5.42. The maximum Gasteiger partial charge on any atom is 0.439 e. The summed E-state index contributed by atoms with van der Waals surface area (Å²) in [5, 5.41) is 3.76. The van der Waals surface area contributed by atoms with Gasteiger partial charge < -0.3 is 14.2 Å². The van der Waals surface area contributed by atoms with Gasteiger partial charge in [0.1, 0.15) is 5.75 Å². The second-order valence-electron chi connectivity index (χ2n) is 8.67. The average molecular weight is 599 g/mol. The van der Waals surface area contributed by atoms with Crippen LogP contribution in [0.2, 0.25) is 5.02 Å². The van der Waals surface area contributed by atoms with E-state index in [4.69, 9.17) is 25.8 Å². The SMILES string of the molecule is COCCN(CCOC)Cc1ccc(C(Oc2ccc(-c3noc(=O)[nH]3)c(Cl)c2)c2cncs2)c(C(F)(F)F)c1. The van der Waals surface area contributed by atoms with Crippen LogP contribution in [-0.4, -0.2) is 60.5 Å². The second-order valence-corrected chi connectivity index (χ2v) is 9.99. The van der Waals surface area contributed by atoms with Crippen LogP contribution < -0.4 is 10.5 Å². The number of hydrogen-bond donors (Lipinski definition) is 1. The van der Waals surface area contributed by atoms with Crippen LogP contribution in [0.15, 0.2) is 57.4 Å². The van der Waals surface area contributed by atoms with Crippen LogP contribution >= 0.6 is 22.9 Å². The monoisotopic (exact) mass is 598 g/mol. The molecule has 0 radical (unpaired) electrons. The van der Waals surface area contributed by atoms with Gasteiger partial charge in [-0.3, -0.25) is 19.4 Å². The van der Waals surface area contributed by atoms with Gasteiger partial charge in [-0.25, -0.2) is 4.79 Å². The Balaban J connectivity index is 1.68. The lowest BCUT2D eigenvalue weighted by atomic mass is 9.97. The Bertz CT molecular complexity index is 1440. The van der Waals surface area contributed by atoms with Crippen molar-refractivity contribution in [3.05, 3.63) is 85.2 Å². The number of aromatic nitrogens is 3. The van der Waals surface area contributed by atoms with Crippen molar-refractivity contribution >= 4 is 22.9 Å². The molecular weight excluding hydrogens is 573 g/mol. The normalized spacial score (nSPS) is 12.7. The number of rotatable bonds is 13. The third-order valence-corrected chi connectivity index (χ3v) is 7.07. The number of hydrogen-bond acceptors (Lipinski definition) is 9. The number of thiazole rings is 1. The summed E-state index contributed by atoms with van der Waals surface area (Å²) in [5.74, 6) is -0.429. The fourth-order valence-electron chi connectivity index (χ4n) is 4.02. The molecule has 9 nitrogen and oxygen atoms in total. The van der Waals surface area contributed by atoms with Crippen molar-refractivity contribution in [1.82, 2.24) is 20.0 Å². The highest BCUT2D eigenvalue weighted by Gasteiger charge is 2.37. The molecule has 40 heavy (non-hydrogen) atoms. The molecule has 0 aliphatic carbocycles. The highest BCUT2D eigenvalue weighted by atomic mass is 35.5. The highest BCUT2D eigenvalue weighted by molar-refractivity contribution is 7.09. The molecule has 4 aromatic rings. The van der Waals surface area contributed by atoms with Gasteiger partial charge in [-0.15, -0.1) is 11.3 Å². The zero-order chi connectivity index (χ0) is 28.7. The summed E-state index contributed by atoms with van der Waals surface area (Å²) in [6.07, 6.45) is -4.30. The minimum atomic E-state index is -4.65. The van der Waals surface area contributed by atoms with E-state index in [1.807, 2.05) is 4.90 Å². The predicted molar refractivity (Wildman–Crippen MR) is 143 cm³/mol. The van der Waals surface area contributed by atoms with E-state index >= 15 is 0 Å². The molecule has 2 aromatic carbocycles. The van der Waals surface area contributed by atoms with Crippen LogP contribution in [0, 0.1) is 0 Å². The van der Waals surface area contributed by atoms with Crippen LogP contribution in [0.5, 0.6) is 5.75 Å². The van der Waals surface area contributed by atoms with E-state index in [9.17, 15) is 18.0 Å². The molecule has 0 aliphatic heterocycles. The standard InChI is InChI=1S/C26H26ClF3N4O5S/c1-36-9-7-34(8-10-37-2)14-16-3-5-18(20(11-16)26(28,29)30)23(22-13-31-15-40-22)38-17-4-6-19(21(27)12-17)24-32-25(35)39-33-24/h3-6,11-13,15,23H,7-10,14H2,1-2H3,(H,32,33,35). The smallest absolute Gasteiger partial charge is 0.439 e. The summed E-state index contributed by atoms with van der Waals surface area (Å²) in [5.41, 5.74) is 1.49. The molecule has 4 rings (SSSR count). The van der Waals surface area contributed by atoms with Crippen molar-refractivity contribution in [3.63, 3.8) is 0 Å². The van der Waals surface area contributed by atoms with Crippen molar-refractivity contribution in [2.45, 2.75) is 18.8 Å². The van der Waals surface area contributed by atoms with E-state index in [1.54, 1.807) is 20.3 Å². The number of H-pyrrole nitrogens is 1. The van der Waals surface area contributed by atoms with Crippen LogP contribution in [0.3, 0.4) is 0 Å². The van der Waals surface area contributed by atoms with Crippen molar-refractivity contribution in [2.24, 2.45) is 0 Å². The van der Waals surface area contributed by atoms with Crippen LogP contribution in [-0.2, 0) is 22.2 Å². The van der Waals surface area contributed by atoms with E-state index in [0.717, 1.165) is 6.07 Å². The summed E-state index contributed by atoms with van der Waals surface area (Å²) in [7, 11) is 3.14. The minimum absolute atomic E-state index is 0.0677. The Kier molecular flexibility index (Phi) is 9.98. The lowest BCUT2D eigenvalue weighted by Gasteiger charge is -2.25. The zero-order valence-electron chi connectivity index (χ0n) is 21.5. The Morgan fingerprint density at radius 2 is 1.88 bits per heavy atom. The van der Waals surface area contributed by atoms with Crippen LogP contribution in [0.25, 0.3) is 11.4 Å². The highest BCUT2D eigenvalue weighted by Crippen LogP contribution is 2.41. The molecular formula is C26H26ClF3N4O5S. The van der Waals surface area contributed by atoms with Crippen molar-refractivity contribution in [2.75, 3.05) is 40.5 Å². The van der Waals surface area contributed by atoms with E-state index in [2.05, 4.69) is 19.6 Å². The number of alkyl halides is 3. The summed E-state index contributed by atoms with van der Waals surface area (Å²) >= 11 is 7.55. The summed E-state index contributed by atoms with van der Waals surface area (Å²) in [4.78, 5) is 20.2. The molecule has 2 heterocycles. The Morgan fingerprint density at radius 1 is 1.12 bits per heavy atom. The van der Waals surface area contributed by atoms with E-state index < -0.39 is 23.6 Å². The van der Waals surface area contributed by atoms with Gasteiger partial charge in [-0.2, -0.15) is 13.2 Å². The third-order valence-electron chi connectivity index (χ3n) is 5.93. The number of ether oxygens (including phenoxy) is 3. The molecule has 0 amide bonds. The number of aromatic amines is 1. The van der Waals surface area contributed by atoms with Crippen molar-refractivity contribution in [1.29, 1.82) is 0 Å². The molecule has 214 valence electrons. The number of nitrogens with zero attached hydrogens (tertiary/aromatic N) is 3. The Hall–Kier alpha value is -3.23. The number of nitrogens with one attached hydrogen (secondary N) is 1. The maximum atomic E-state index is 14.4. The molecule has 14 heteroatoms. The van der Waals surface area contributed by atoms with Gasteiger partial charge in [-0.05, 0) is 29.8 Å². The maximum absolute atomic E-state index is 14.4. The van der Waals surface area contributed by atoms with Crippen LogP contribution in [0.1, 0.15) is 27.7 Å². The Morgan fingerprint density at radius 3 is 2.45 bits per heavy atom. The molecule has 1 unspecified atom stereocenters. The summed E-state index contributed by atoms with van der Waals surface area (Å²) < 4.78 is 64.2. The quantitative estimate of drug-likeness (QED) is 0.218. The first-order valence-electron chi connectivity index (χ1n) is 12.0. The average Bonchev–Trinajstić information content (AvgIpc) is 3.61. The fraction of sp³-hybridized carbons (Fsp3) is 0.346. The minimum Gasteiger partial charge on any atom is -0.480 e. The number of halogens is 4. The van der Waals surface area contributed by atoms with E-state index in [1.165, 1.54) is 47.3 Å². The van der Waals surface area contributed by atoms with Gasteiger partial charge in [0.2, 0.25) is 0 Å². The topological polar surface area (TPSA) is 103 Å². The van der Waals surface area contributed by atoms with Gasteiger partial charge in [0.15, 0.2) is 11.9 Å². The first kappa shape index (κ1) is 29.7. The molecule has 0 fully saturated rings. The zero-order valence-corrected chi connectivity index (χ0v) is 23.1. The molecule has 1 atom stereocenters. The molecule has 0 bridgehead atoms. The number of methoxy groups -OCH3 is 2.